The number of nitrogens with one attached hydrogen (secondary N) is 1. The molecule has 7 heteroatoms. The Bertz CT molecular complexity index is 1080. The van der Waals surface area contributed by atoms with Crippen LogP contribution in [0.5, 0.6) is 0 Å². The first-order chi connectivity index (χ1) is 12.0. The van der Waals surface area contributed by atoms with E-state index < -0.39 is 16.0 Å². The minimum absolute atomic E-state index is 0.0381. The molecular weight excluding hydrogens is 340 g/mol. The molecular formula is C18H14N2O4S. The summed E-state index contributed by atoms with van der Waals surface area (Å²) in [5.74, 6) is -1.11. The van der Waals surface area contributed by atoms with Crippen LogP contribution in [0.3, 0.4) is 0 Å². The molecule has 0 saturated heterocycles. The second kappa shape index (κ2) is 6.74. The van der Waals surface area contributed by atoms with Crippen molar-refractivity contribution in [3.63, 3.8) is 0 Å². The number of sulfonamides is 1. The summed E-state index contributed by atoms with van der Waals surface area (Å²) in [6.07, 6.45) is 1.17. The van der Waals surface area contributed by atoms with Crippen molar-refractivity contribution in [3.05, 3.63) is 77.9 Å². The van der Waals surface area contributed by atoms with Gasteiger partial charge in [-0.3, -0.25) is 0 Å². The number of fused-ring (bicyclic) bond motifs is 1. The maximum Gasteiger partial charge on any atom is 0.336 e. The zero-order valence-electron chi connectivity index (χ0n) is 13.0. The molecule has 0 radical (unpaired) electrons. The Morgan fingerprint density at radius 1 is 0.960 bits per heavy atom. The molecule has 3 aromatic rings. The highest BCUT2D eigenvalue weighted by Gasteiger charge is 2.13. The quantitative estimate of drug-likeness (QED) is 0.544. The monoisotopic (exact) mass is 354 g/mol. The minimum Gasteiger partial charge on any atom is -0.478 e. The third-order valence-electron chi connectivity index (χ3n) is 3.60. The smallest absolute Gasteiger partial charge is 0.336 e. The standard InChI is InChI=1S/C18H14N2O4S/c21-18(22)17-8-4-3-7-15(17)12-19-20-25(23,24)16-10-9-13-5-1-2-6-14(13)11-16/h1-12,20H,(H,21,22)/b19-12+. The van der Waals surface area contributed by atoms with Crippen LogP contribution in [0.25, 0.3) is 10.8 Å². The molecule has 0 heterocycles. The van der Waals surface area contributed by atoms with Gasteiger partial charge in [-0.15, -0.1) is 0 Å². The summed E-state index contributed by atoms with van der Waals surface area (Å²) in [6, 6.07) is 18.4. The first-order valence-electron chi connectivity index (χ1n) is 7.33. The molecule has 25 heavy (non-hydrogen) atoms. The third kappa shape index (κ3) is 3.67. The fraction of sp³-hybridized carbons (Fsp3) is 0. The van der Waals surface area contributed by atoms with E-state index >= 15 is 0 Å². The molecule has 126 valence electrons. The SMILES string of the molecule is O=C(O)c1ccccc1/C=N/NS(=O)(=O)c1ccc2ccccc2c1. The van der Waals surface area contributed by atoms with Gasteiger partial charge in [-0.1, -0.05) is 48.5 Å². The molecule has 0 bridgehead atoms. The fourth-order valence-electron chi connectivity index (χ4n) is 2.36. The first-order valence-corrected chi connectivity index (χ1v) is 8.82. The molecule has 0 aliphatic carbocycles. The van der Waals surface area contributed by atoms with E-state index in [9.17, 15) is 13.2 Å². The summed E-state index contributed by atoms with van der Waals surface area (Å²) in [5, 5.41) is 14.5. The predicted molar refractivity (Wildman–Crippen MR) is 95.3 cm³/mol. The number of rotatable bonds is 5. The van der Waals surface area contributed by atoms with Gasteiger partial charge in [0.05, 0.1) is 16.7 Å². The van der Waals surface area contributed by atoms with Crippen LogP contribution < -0.4 is 4.83 Å². The van der Waals surface area contributed by atoms with Gasteiger partial charge in [-0.25, -0.2) is 9.63 Å². The van der Waals surface area contributed by atoms with Crippen LogP contribution in [0.4, 0.5) is 0 Å². The Labute approximate surface area is 144 Å². The molecule has 0 aliphatic rings. The Hall–Kier alpha value is -3.19. The van der Waals surface area contributed by atoms with E-state index in [1.54, 1.807) is 24.3 Å². The Balaban J connectivity index is 1.85. The van der Waals surface area contributed by atoms with E-state index in [-0.39, 0.29) is 10.5 Å². The number of carbonyl (C=O) groups is 1. The molecule has 2 N–H and O–H groups in total. The first kappa shape index (κ1) is 16.7. The minimum atomic E-state index is -3.85. The molecule has 0 spiro atoms. The van der Waals surface area contributed by atoms with Crippen LogP contribution in [-0.2, 0) is 10.0 Å². The molecule has 0 fully saturated rings. The highest BCUT2D eigenvalue weighted by molar-refractivity contribution is 7.89. The van der Waals surface area contributed by atoms with Gasteiger partial charge in [0, 0.05) is 5.56 Å². The van der Waals surface area contributed by atoms with Gasteiger partial charge in [-0.2, -0.15) is 13.5 Å². The van der Waals surface area contributed by atoms with Gasteiger partial charge in [0.2, 0.25) is 0 Å². The number of hydrazone groups is 1. The van der Waals surface area contributed by atoms with Crippen LogP contribution in [0.15, 0.2) is 76.7 Å². The van der Waals surface area contributed by atoms with Gasteiger partial charge in [0.15, 0.2) is 0 Å². The molecule has 0 atom stereocenters. The van der Waals surface area contributed by atoms with Crippen LogP contribution in [0.1, 0.15) is 15.9 Å². The van der Waals surface area contributed by atoms with Crippen molar-refractivity contribution in [1.82, 2.24) is 4.83 Å². The van der Waals surface area contributed by atoms with E-state index in [4.69, 9.17) is 5.11 Å². The highest BCUT2D eigenvalue weighted by atomic mass is 32.2. The number of aromatic carboxylic acids is 1. The number of hydrogen-bond donors (Lipinski definition) is 2. The summed E-state index contributed by atoms with van der Waals surface area (Å²) in [5.41, 5.74) is 0.340. The summed E-state index contributed by atoms with van der Waals surface area (Å²) in [4.78, 5) is 13.3. The Morgan fingerprint density at radius 2 is 1.64 bits per heavy atom. The molecule has 6 nitrogen and oxygen atoms in total. The number of nitrogens with zero attached hydrogens (tertiary/aromatic N) is 1. The van der Waals surface area contributed by atoms with Crippen molar-refractivity contribution in [1.29, 1.82) is 0 Å². The van der Waals surface area contributed by atoms with Crippen molar-refractivity contribution >= 4 is 33.0 Å². The number of hydrogen-bond acceptors (Lipinski definition) is 4. The van der Waals surface area contributed by atoms with Crippen molar-refractivity contribution in [3.8, 4) is 0 Å². The maximum absolute atomic E-state index is 12.3. The molecule has 0 amide bonds. The lowest BCUT2D eigenvalue weighted by molar-refractivity contribution is 0.0696. The van der Waals surface area contributed by atoms with Gasteiger partial charge in [0.1, 0.15) is 0 Å². The third-order valence-corrected chi connectivity index (χ3v) is 4.82. The topological polar surface area (TPSA) is 95.8 Å². The summed E-state index contributed by atoms with van der Waals surface area (Å²) in [6.45, 7) is 0. The van der Waals surface area contributed by atoms with Gasteiger partial charge in [0.25, 0.3) is 10.0 Å². The van der Waals surface area contributed by atoms with E-state index in [1.807, 2.05) is 24.3 Å². The van der Waals surface area contributed by atoms with E-state index in [0.717, 1.165) is 10.8 Å². The summed E-state index contributed by atoms with van der Waals surface area (Å²) < 4.78 is 24.7. The van der Waals surface area contributed by atoms with E-state index in [2.05, 4.69) is 9.93 Å². The zero-order chi connectivity index (χ0) is 17.9. The van der Waals surface area contributed by atoms with E-state index in [1.165, 1.54) is 24.4 Å². The lowest BCUT2D eigenvalue weighted by Crippen LogP contribution is -2.18. The second-order valence-electron chi connectivity index (χ2n) is 5.25. The molecule has 0 aliphatic heterocycles. The number of carboxylic acid groups (broad SMARTS) is 1. The molecule has 0 unspecified atom stereocenters. The molecule has 0 saturated carbocycles. The summed E-state index contributed by atoms with van der Waals surface area (Å²) >= 11 is 0. The maximum atomic E-state index is 12.3. The molecule has 0 aromatic heterocycles. The molecule has 3 rings (SSSR count). The van der Waals surface area contributed by atoms with E-state index in [0.29, 0.717) is 5.56 Å². The van der Waals surface area contributed by atoms with Crippen molar-refractivity contribution in [2.45, 2.75) is 4.90 Å². The number of carboxylic acids is 1. The van der Waals surface area contributed by atoms with Crippen molar-refractivity contribution in [2.24, 2.45) is 5.10 Å². The Morgan fingerprint density at radius 3 is 2.40 bits per heavy atom. The van der Waals surface area contributed by atoms with Gasteiger partial charge in [-0.05, 0) is 29.0 Å². The average Bonchev–Trinajstić information content (AvgIpc) is 2.61. The lowest BCUT2D eigenvalue weighted by Gasteiger charge is -2.05. The van der Waals surface area contributed by atoms with Crippen LogP contribution in [0, 0.1) is 0 Å². The van der Waals surface area contributed by atoms with Crippen LogP contribution in [-0.4, -0.2) is 25.7 Å². The van der Waals surface area contributed by atoms with Gasteiger partial charge >= 0.3 is 5.97 Å². The highest BCUT2D eigenvalue weighted by Crippen LogP contribution is 2.18. The normalized spacial score (nSPS) is 11.7. The Kier molecular flexibility index (Phi) is 4.49. The fourth-order valence-corrected chi connectivity index (χ4v) is 3.18. The largest absolute Gasteiger partial charge is 0.478 e. The zero-order valence-corrected chi connectivity index (χ0v) is 13.8. The summed E-state index contributed by atoms with van der Waals surface area (Å²) in [7, 11) is -3.85. The lowest BCUT2D eigenvalue weighted by atomic mass is 10.1. The van der Waals surface area contributed by atoms with Crippen LogP contribution >= 0.6 is 0 Å². The second-order valence-corrected chi connectivity index (χ2v) is 6.92. The van der Waals surface area contributed by atoms with Crippen molar-refractivity contribution in [2.75, 3.05) is 0 Å². The van der Waals surface area contributed by atoms with Crippen molar-refractivity contribution < 1.29 is 18.3 Å². The van der Waals surface area contributed by atoms with Crippen LogP contribution in [0.2, 0.25) is 0 Å². The molecule has 3 aromatic carbocycles. The van der Waals surface area contributed by atoms with Gasteiger partial charge < -0.3 is 5.11 Å². The average molecular weight is 354 g/mol. The predicted octanol–water partition coefficient (Wildman–Crippen LogP) is 2.85. The number of benzene rings is 3.